The fourth-order valence-electron chi connectivity index (χ4n) is 4.71. The lowest BCUT2D eigenvalue weighted by Crippen LogP contribution is -2.48. The van der Waals surface area contributed by atoms with E-state index in [0.717, 1.165) is 22.3 Å². The number of carboxylic acid groups (broad SMARTS) is 1. The molecule has 2 aliphatic rings. The van der Waals surface area contributed by atoms with Crippen molar-refractivity contribution < 1.29 is 29.0 Å². The zero-order valence-corrected chi connectivity index (χ0v) is 19.2. The lowest BCUT2D eigenvalue weighted by atomic mass is 9.98. The Morgan fingerprint density at radius 2 is 1.71 bits per heavy atom. The van der Waals surface area contributed by atoms with Gasteiger partial charge in [0.05, 0.1) is 6.10 Å². The summed E-state index contributed by atoms with van der Waals surface area (Å²) in [5, 5.41) is 14.5. The first-order valence-electron chi connectivity index (χ1n) is 11.8. The first-order valence-corrected chi connectivity index (χ1v) is 11.8. The number of hydrogen-bond donors (Lipinski definition) is 3. The molecule has 2 amide bonds. The van der Waals surface area contributed by atoms with E-state index < -0.39 is 24.2 Å². The minimum absolute atomic E-state index is 0.0571. The van der Waals surface area contributed by atoms with Gasteiger partial charge in [0, 0.05) is 12.5 Å². The highest BCUT2D eigenvalue weighted by atomic mass is 16.5. The predicted octanol–water partition coefficient (Wildman–Crippen LogP) is 3.44. The average molecular weight is 467 g/mol. The Balaban J connectivity index is 1.31. The van der Waals surface area contributed by atoms with Gasteiger partial charge in [-0.05, 0) is 41.5 Å². The number of aliphatic carboxylic acids is 1. The molecule has 0 saturated carbocycles. The lowest BCUT2D eigenvalue weighted by Gasteiger charge is -2.20. The standard InChI is InChI=1S/C26H30N2O6/c1-2-7-22(24(29)27-14-16-12-13-23(34-16)25(30)31)28-26(32)33-15-21-19-10-5-3-8-17(19)18-9-4-6-11-20(18)21/h3-6,8-11,16,21-23H,2,7,12-15H2,1H3,(H,27,29)(H,28,32)(H,30,31)/t16?,22-,23?/m0/s1. The Morgan fingerprint density at radius 3 is 2.29 bits per heavy atom. The van der Waals surface area contributed by atoms with Crippen molar-refractivity contribution in [1.29, 1.82) is 0 Å². The zero-order chi connectivity index (χ0) is 24.1. The molecule has 0 bridgehead atoms. The third-order valence-corrected chi connectivity index (χ3v) is 6.42. The normalized spacial score (nSPS) is 19.7. The summed E-state index contributed by atoms with van der Waals surface area (Å²) in [5.74, 6) is -1.38. The molecule has 2 aromatic carbocycles. The molecule has 8 nitrogen and oxygen atoms in total. The van der Waals surface area contributed by atoms with Crippen molar-refractivity contribution in [1.82, 2.24) is 10.6 Å². The van der Waals surface area contributed by atoms with Crippen LogP contribution in [0.4, 0.5) is 4.79 Å². The molecule has 4 rings (SSSR count). The minimum Gasteiger partial charge on any atom is -0.479 e. The summed E-state index contributed by atoms with van der Waals surface area (Å²) >= 11 is 0. The maximum Gasteiger partial charge on any atom is 0.407 e. The molecule has 1 fully saturated rings. The van der Waals surface area contributed by atoms with E-state index in [-0.39, 0.29) is 31.1 Å². The van der Waals surface area contributed by atoms with Crippen molar-refractivity contribution in [3.05, 3.63) is 59.7 Å². The molecule has 0 spiro atoms. The SMILES string of the molecule is CCC[C@H](NC(=O)OCC1c2ccccc2-c2ccccc21)C(=O)NCC1CCC(C(=O)O)O1. The summed E-state index contributed by atoms with van der Waals surface area (Å²) in [6, 6.07) is 15.5. The van der Waals surface area contributed by atoms with Crippen molar-refractivity contribution in [3.8, 4) is 11.1 Å². The molecule has 3 atom stereocenters. The summed E-state index contributed by atoms with van der Waals surface area (Å²) < 4.78 is 11.0. The number of ether oxygens (including phenoxy) is 2. The van der Waals surface area contributed by atoms with Gasteiger partial charge in [-0.25, -0.2) is 9.59 Å². The second kappa shape index (κ2) is 10.7. The van der Waals surface area contributed by atoms with E-state index in [1.807, 2.05) is 31.2 Å². The molecule has 1 aliphatic heterocycles. The van der Waals surface area contributed by atoms with Gasteiger partial charge in [-0.15, -0.1) is 0 Å². The van der Waals surface area contributed by atoms with Crippen LogP contribution in [0.1, 0.15) is 49.7 Å². The number of fused-ring (bicyclic) bond motifs is 3. The van der Waals surface area contributed by atoms with Crippen LogP contribution in [0.5, 0.6) is 0 Å². The number of carboxylic acids is 1. The summed E-state index contributed by atoms with van der Waals surface area (Å²) in [5.41, 5.74) is 4.54. The van der Waals surface area contributed by atoms with Crippen molar-refractivity contribution in [3.63, 3.8) is 0 Å². The van der Waals surface area contributed by atoms with E-state index in [2.05, 4.69) is 34.9 Å². The van der Waals surface area contributed by atoms with Gasteiger partial charge in [0.25, 0.3) is 0 Å². The largest absolute Gasteiger partial charge is 0.479 e. The molecule has 34 heavy (non-hydrogen) atoms. The third-order valence-electron chi connectivity index (χ3n) is 6.42. The molecule has 2 aromatic rings. The lowest BCUT2D eigenvalue weighted by molar-refractivity contribution is -0.149. The molecule has 1 heterocycles. The van der Waals surface area contributed by atoms with Gasteiger partial charge in [0.15, 0.2) is 6.10 Å². The highest BCUT2D eigenvalue weighted by Crippen LogP contribution is 2.44. The number of rotatable bonds is 9. The highest BCUT2D eigenvalue weighted by Gasteiger charge is 2.32. The molecular formula is C26H30N2O6. The van der Waals surface area contributed by atoms with Crippen LogP contribution in [0, 0.1) is 0 Å². The van der Waals surface area contributed by atoms with Gasteiger partial charge in [0.2, 0.25) is 5.91 Å². The summed E-state index contributed by atoms with van der Waals surface area (Å²) in [7, 11) is 0. The third kappa shape index (κ3) is 5.22. The molecule has 1 aliphatic carbocycles. The second-order valence-electron chi connectivity index (χ2n) is 8.72. The summed E-state index contributed by atoms with van der Waals surface area (Å²) in [6.45, 7) is 2.30. The van der Waals surface area contributed by atoms with Gasteiger partial charge in [-0.3, -0.25) is 4.79 Å². The molecule has 2 unspecified atom stereocenters. The van der Waals surface area contributed by atoms with E-state index in [9.17, 15) is 14.4 Å². The van der Waals surface area contributed by atoms with Crippen molar-refractivity contribution in [2.45, 2.75) is 56.8 Å². The van der Waals surface area contributed by atoms with Gasteiger partial charge in [-0.1, -0.05) is 61.9 Å². The molecule has 180 valence electrons. The quantitative estimate of drug-likeness (QED) is 0.522. The van der Waals surface area contributed by atoms with Crippen LogP contribution in [0.25, 0.3) is 11.1 Å². The number of hydrogen-bond acceptors (Lipinski definition) is 5. The number of carbonyl (C=O) groups excluding carboxylic acids is 2. The van der Waals surface area contributed by atoms with Crippen LogP contribution in [0.3, 0.4) is 0 Å². The first kappa shape index (κ1) is 23.8. The van der Waals surface area contributed by atoms with E-state index in [1.165, 1.54) is 0 Å². The van der Waals surface area contributed by atoms with Gasteiger partial charge >= 0.3 is 12.1 Å². The molecule has 3 N–H and O–H groups in total. The molecular weight excluding hydrogens is 436 g/mol. The van der Waals surface area contributed by atoms with E-state index >= 15 is 0 Å². The Bertz CT molecular complexity index is 1010. The van der Waals surface area contributed by atoms with E-state index in [1.54, 1.807) is 0 Å². The summed E-state index contributed by atoms with van der Waals surface area (Å²) in [4.78, 5) is 36.3. The highest BCUT2D eigenvalue weighted by molar-refractivity contribution is 5.85. The Labute approximate surface area is 198 Å². The van der Waals surface area contributed by atoms with Gasteiger partial charge in [0.1, 0.15) is 12.6 Å². The molecule has 1 saturated heterocycles. The van der Waals surface area contributed by atoms with Crippen molar-refractivity contribution in [2.24, 2.45) is 0 Å². The molecule has 0 radical (unpaired) electrons. The minimum atomic E-state index is -0.991. The van der Waals surface area contributed by atoms with Crippen LogP contribution in [-0.4, -0.2) is 54.5 Å². The van der Waals surface area contributed by atoms with Gasteiger partial charge < -0.3 is 25.2 Å². The molecule has 0 aromatic heterocycles. The Hall–Kier alpha value is -3.39. The van der Waals surface area contributed by atoms with E-state index in [0.29, 0.717) is 25.7 Å². The number of alkyl carbamates (subject to hydrolysis) is 1. The summed E-state index contributed by atoms with van der Waals surface area (Å²) in [6.07, 6.45) is 0.330. The first-order chi connectivity index (χ1) is 16.5. The Kier molecular flexibility index (Phi) is 7.47. The maximum absolute atomic E-state index is 12.7. The van der Waals surface area contributed by atoms with Crippen LogP contribution >= 0.6 is 0 Å². The van der Waals surface area contributed by atoms with E-state index in [4.69, 9.17) is 14.6 Å². The number of amides is 2. The number of nitrogens with one attached hydrogen (secondary N) is 2. The van der Waals surface area contributed by atoms with Crippen LogP contribution < -0.4 is 10.6 Å². The molecule has 8 heteroatoms. The second-order valence-corrected chi connectivity index (χ2v) is 8.72. The smallest absolute Gasteiger partial charge is 0.407 e. The average Bonchev–Trinajstić information content (AvgIpc) is 3.44. The van der Waals surface area contributed by atoms with Gasteiger partial charge in [-0.2, -0.15) is 0 Å². The fraction of sp³-hybridized carbons (Fsp3) is 0.423. The van der Waals surface area contributed by atoms with Crippen molar-refractivity contribution >= 4 is 18.0 Å². The number of carbonyl (C=O) groups is 3. The maximum atomic E-state index is 12.7. The van der Waals surface area contributed by atoms with Crippen LogP contribution in [0.15, 0.2) is 48.5 Å². The predicted molar refractivity (Wildman–Crippen MR) is 125 cm³/mol. The van der Waals surface area contributed by atoms with Crippen LogP contribution in [0.2, 0.25) is 0 Å². The van der Waals surface area contributed by atoms with Crippen LogP contribution in [-0.2, 0) is 19.1 Å². The van der Waals surface area contributed by atoms with Crippen molar-refractivity contribution in [2.75, 3.05) is 13.2 Å². The fourth-order valence-corrected chi connectivity index (χ4v) is 4.71. The number of benzene rings is 2. The monoisotopic (exact) mass is 466 g/mol. The topological polar surface area (TPSA) is 114 Å². The zero-order valence-electron chi connectivity index (χ0n) is 19.2. The Morgan fingerprint density at radius 1 is 1.06 bits per heavy atom.